The number of rotatable bonds is 3. The monoisotopic (exact) mass is 276 g/mol. The van der Waals surface area contributed by atoms with Crippen molar-refractivity contribution in [3.63, 3.8) is 0 Å². The summed E-state index contributed by atoms with van der Waals surface area (Å²) in [7, 11) is -3.01. The van der Waals surface area contributed by atoms with Gasteiger partial charge >= 0.3 is 0 Å². The first kappa shape index (κ1) is 14.2. The first-order valence-electron chi connectivity index (χ1n) is 6.78. The topological polar surface area (TPSA) is 58.6 Å². The Kier molecular flexibility index (Phi) is 4.64. The van der Waals surface area contributed by atoms with Gasteiger partial charge in [0.1, 0.15) is 0 Å². The van der Waals surface area contributed by atoms with Gasteiger partial charge in [-0.05, 0) is 32.6 Å². The van der Waals surface area contributed by atoms with E-state index in [-0.39, 0.29) is 0 Å². The van der Waals surface area contributed by atoms with Crippen LogP contribution in [0.3, 0.4) is 0 Å². The summed E-state index contributed by atoms with van der Waals surface area (Å²) in [5, 5.41) is 3.66. The molecule has 0 aliphatic carbocycles. The van der Waals surface area contributed by atoms with Gasteiger partial charge in [0.15, 0.2) is 0 Å². The Balaban J connectivity index is 1.76. The van der Waals surface area contributed by atoms with Gasteiger partial charge in [-0.1, -0.05) is 0 Å². The van der Waals surface area contributed by atoms with E-state index in [1.807, 2.05) is 0 Å². The average Bonchev–Trinajstić information content (AvgIpc) is 2.28. The van der Waals surface area contributed by atoms with Crippen molar-refractivity contribution in [3.05, 3.63) is 0 Å². The highest BCUT2D eigenvalue weighted by Crippen LogP contribution is 2.18. The van der Waals surface area contributed by atoms with Crippen LogP contribution in [-0.4, -0.2) is 56.9 Å². The summed E-state index contributed by atoms with van der Waals surface area (Å²) in [6.45, 7) is 4.24. The molecule has 0 aromatic carbocycles. The Bertz CT molecular complexity index is 364. The summed E-state index contributed by atoms with van der Waals surface area (Å²) < 4.78 is 29.9. The van der Waals surface area contributed by atoms with Crippen molar-refractivity contribution in [3.8, 4) is 0 Å². The lowest BCUT2D eigenvalue weighted by molar-refractivity contribution is 0.0101. The molecule has 0 bridgehead atoms. The van der Waals surface area contributed by atoms with E-state index in [1.165, 1.54) is 6.26 Å². The molecule has 2 rings (SSSR count). The molecule has 2 atom stereocenters. The van der Waals surface area contributed by atoms with Crippen molar-refractivity contribution in [2.24, 2.45) is 0 Å². The molecule has 5 nitrogen and oxygen atoms in total. The maximum absolute atomic E-state index is 11.4. The highest BCUT2D eigenvalue weighted by Gasteiger charge is 2.27. The number of ether oxygens (including phenoxy) is 1. The maximum Gasteiger partial charge on any atom is 0.211 e. The molecule has 0 aromatic rings. The van der Waals surface area contributed by atoms with Gasteiger partial charge in [0.2, 0.25) is 10.0 Å². The van der Waals surface area contributed by atoms with E-state index in [4.69, 9.17) is 4.74 Å². The molecule has 0 aromatic heterocycles. The van der Waals surface area contributed by atoms with Gasteiger partial charge in [-0.15, -0.1) is 0 Å². The second-order valence-electron chi connectivity index (χ2n) is 5.51. The Morgan fingerprint density at radius 3 is 2.39 bits per heavy atom. The van der Waals surface area contributed by atoms with Crippen molar-refractivity contribution < 1.29 is 13.2 Å². The minimum Gasteiger partial charge on any atom is -0.378 e. The average molecular weight is 276 g/mol. The molecule has 0 radical (unpaired) electrons. The molecule has 2 unspecified atom stereocenters. The van der Waals surface area contributed by atoms with Crippen molar-refractivity contribution in [1.82, 2.24) is 9.62 Å². The fourth-order valence-corrected chi connectivity index (χ4v) is 3.71. The number of hydrogen-bond donors (Lipinski definition) is 1. The molecule has 2 fully saturated rings. The molecule has 2 saturated heterocycles. The van der Waals surface area contributed by atoms with E-state index in [0.717, 1.165) is 32.3 Å². The Morgan fingerprint density at radius 1 is 1.17 bits per heavy atom. The van der Waals surface area contributed by atoms with Crippen LogP contribution in [0.1, 0.15) is 32.6 Å². The molecule has 0 amide bonds. The van der Waals surface area contributed by atoms with Gasteiger partial charge in [-0.3, -0.25) is 0 Å². The van der Waals surface area contributed by atoms with Gasteiger partial charge in [-0.2, -0.15) is 0 Å². The fourth-order valence-electron chi connectivity index (χ4n) is 2.84. The summed E-state index contributed by atoms with van der Waals surface area (Å²) in [5.74, 6) is 0. The zero-order valence-electron chi connectivity index (χ0n) is 11.3. The van der Waals surface area contributed by atoms with Crippen LogP contribution in [-0.2, 0) is 14.8 Å². The number of sulfonamides is 1. The van der Waals surface area contributed by atoms with E-state index < -0.39 is 10.0 Å². The number of nitrogens with one attached hydrogen (secondary N) is 1. The standard InChI is InChI=1S/C12H24N2O3S/c1-10-9-12(5-8-17-10)13-11-3-6-14(7-4-11)18(2,15)16/h10-13H,3-9H2,1-2H3. The number of nitrogens with zero attached hydrogens (tertiary/aromatic N) is 1. The molecular weight excluding hydrogens is 252 g/mol. The van der Waals surface area contributed by atoms with Crippen LogP contribution in [0.15, 0.2) is 0 Å². The Morgan fingerprint density at radius 2 is 1.83 bits per heavy atom. The molecule has 2 aliphatic heterocycles. The third-order valence-corrected chi connectivity index (χ3v) is 5.18. The zero-order valence-corrected chi connectivity index (χ0v) is 12.1. The second kappa shape index (κ2) is 5.86. The van der Waals surface area contributed by atoms with Gasteiger partial charge in [0.05, 0.1) is 12.4 Å². The summed E-state index contributed by atoms with van der Waals surface area (Å²) in [6.07, 6.45) is 5.59. The van der Waals surface area contributed by atoms with Crippen molar-refractivity contribution >= 4 is 10.0 Å². The maximum atomic E-state index is 11.4. The lowest BCUT2D eigenvalue weighted by Crippen LogP contribution is -2.49. The molecule has 18 heavy (non-hydrogen) atoms. The minimum absolute atomic E-state index is 0.340. The molecule has 106 valence electrons. The summed E-state index contributed by atoms with van der Waals surface area (Å²) in [4.78, 5) is 0. The zero-order chi connectivity index (χ0) is 13.2. The lowest BCUT2D eigenvalue weighted by Gasteiger charge is -2.35. The van der Waals surface area contributed by atoms with E-state index in [0.29, 0.717) is 31.3 Å². The van der Waals surface area contributed by atoms with Crippen LogP contribution >= 0.6 is 0 Å². The van der Waals surface area contributed by atoms with Crippen LogP contribution in [0.2, 0.25) is 0 Å². The summed E-state index contributed by atoms with van der Waals surface area (Å²) in [6, 6.07) is 0.988. The van der Waals surface area contributed by atoms with Crippen LogP contribution < -0.4 is 5.32 Å². The SMILES string of the molecule is CC1CC(NC2CCN(S(C)(=O)=O)CC2)CCO1. The third-order valence-electron chi connectivity index (χ3n) is 3.88. The first-order valence-corrected chi connectivity index (χ1v) is 8.63. The summed E-state index contributed by atoms with van der Waals surface area (Å²) >= 11 is 0. The van der Waals surface area contributed by atoms with Gasteiger partial charge in [0.25, 0.3) is 0 Å². The minimum atomic E-state index is -3.01. The molecular formula is C12H24N2O3S. The highest BCUT2D eigenvalue weighted by molar-refractivity contribution is 7.88. The predicted molar refractivity (Wildman–Crippen MR) is 71.0 cm³/mol. The molecule has 2 aliphatic rings. The van der Waals surface area contributed by atoms with E-state index >= 15 is 0 Å². The highest BCUT2D eigenvalue weighted by atomic mass is 32.2. The Labute approximate surface area is 110 Å². The van der Waals surface area contributed by atoms with Crippen molar-refractivity contribution in [2.45, 2.75) is 50.8 Å². The molecule has 6 heteroatoms. The number of piperidine rings is 1. The lowest BCUT2D eigenvalue weighted by atomic mass is 10.00. The van der Waals surface area contributed by atoms with Gasteiger partial charge in [0, 0.05) is 31.8 Å². The van der Waals surface area contributed by atoms with Crippen molar-refractivity contribution in [1.29, 1.82) is 0 Å². The first-order chi connectivity index (χ1) is 8.45. The molecule has 1 N–H and O–H groups in total. The van der Waals surface area contributed by atoms with Crippen molar-refractivity contribution in [2.75, 3.05) is 26.0 Å². The van der Waals surface area contributed by atoms with Crippen LogP contribution in [0.5, 0.6) is 0 Å². The van der Waals surface area contributed by atoms with E-state index in [2.05, 4.69) is 12.2 Å². The Hall–Kier alpha value is -0.170. The van der Waals surface area contributed by atoms with Crippen LogP contribution in [0.25, 0.3) is 0 Å². The largest absolute Gasteiger partial charge is 0.378 e. The van der Waals surface area contributed by atoms with E-state index in [9.17, 15) is 8.42 Å². The quantitative estimate of drug-likeness (QED) is 0.818. The predicted octanol–water partition coefficient (Wildman–Crippen LogP) is 0.568. The molecule has 0 saturated carbocycles. The van der Waals surface area contributed by atoms with Gasteiger partial charge < -0.3 is 10.1 Å². The molecule has 2 heterocycles. The smallest absolute Gasteiger partial charge is 0.211 e. The van der Waals surface area contributed by atoms with E-state index in [1.54, 1.807) is 4.31 Å². The fraction of sp³-hybridized carbons (Fsp3) is 1.00. The molecule has 0 spiro atoms. The second-order valence-corrected chi connectivity index (χ2v) is 7.49. The third kappa shape index (κ3) is 3.91. The van der Waals surface area contributed by atoms with Gasteiger partial charge in [-0.25, -0.2) is 12.7 Å². The normalized spacial score (nSPS) is 32.6. The van der Waals surface area contributed by atoms with Crippen LogP contribution in [0.4, 0.5) is 0 Å². The number of hydrogen-bond acceptors (Lipinski definition) is 4. The summed E-state index contributed by atoms with van der Waals surface area (Å²) in [5.41, 5.74) is 0. The van der Waals surface area contributed by atoms with Crippen LogP contribution in [0, 0.1) is 0 Å².